The van der Waals surface area contributed by atoms with Gasteiger partial charge in [-0.25, -0.2) is 0 Å². The summed E-state index contributed by atoms with van der Waals surface area (Å²) in [7, 11) is 0. The molecule has 2 rings (SSSR count). The summed E-state index contributed by atoms with van der Waals surface area (Å²) in [4.78, 5) is 11.4. The first-order valence-electron chi connectivity index (χ1n) is 4.83. The molecule has 1 fully saturated rings. The summed E-state index contributed by atoms with van der Waals surface area (Å²) in [6, 6.07) is 6.61. The van der Waals surface area contributed by atoms with Crippen LogP contribution < -0.4 is 5.32 Å². The van der Waals surface area contributed by atoms with Gasteiger partial charge in [0.15, 0.2) is 0 Å². The topological polar surface area (TPSA) is 49.3 Å². The molecular formula is C11H13NO2. The van der Waals surface area contributed by atoms with Crippen LogP contribution in [-0.4, -0.2) is 11.0 Å². The van der Waals surface area contributed by atoms with Crippen LogP contribution in [0.2, 0.25) is 0 Å². The number of nitrogens with one attached hydrogen (secondary N) is 1. The largest absolute Gasteiger partial charge is 0.508 e. The molecule has 1 amide bonds. The maximum atomic E-state index is 11.4. The molecule has 1 aromatic carbocycles. The number of phenolic OH excluding ortho intramolecular Hbond substituents is 1. The van der Waals surface area contributed by atoms with E-state index >= 15 is 0 Å². The second-order valence-electron chi connectivity index (χ2n) is 3.75. The third kappa shape index (κ3) is 2.49. The zero-order valence-corrected chi connectivity index (χ0v) is 7.86. The molecule has 2 N–H and O–H groups in total. The number of aromatic hydroxyl groups is 1. The normalized spacial score (nSPS) is 15.1. The lowest BCUT2D eigenvalue weighted by molar-refractivity contribution is -0.116. The van der Waals surface area contributed by atoms with Crippen molar-refractivity contribution in [2.45, 2.75) is 19.3 Å². The number of benzene rings is 1. The molecule has 3 heteroatoms. The van der Waals surface area contributed by atoms with Gasteiger partial charge in [0.25, 0.3) is 0 Å². The summed E-state index contributed by atoms with van der Waals surface area (Å²) in [5, 5.41) is 11.9. The van der Waals surface area contributed by atoms with Crippen molar-refractivity contribution in [1.29, 1.82) is 0 Å². The molecule has 0 heterocycles. The summed E-state index contributed by atoms with van der Waals surface area (Å²) < 4.78 is 0. The monoisotopic (exact) mass is 191 g/mol. The van der Waals surface area contributed by atoms with Gasteiger partial charge in [-0.15, -0.1) is 0 Å². The van der Waals surface area contributed by atoms with Gasteiger partial charge in [-0.05, 0) is 30.9 Å². The first kappa shape index (κ1) is 9.06. The minimum absolute atomic E-state index is 0.0399. The van der Waals surface area contributed by atoms with E-state index in [0.29, 0.717) is 18.0 Å². The smallest absolute Gasteiger partial charge is 0.224 e. The van der Waals surface area contributed by atoms with Crippen molar-refractivity contribution < 1.29 is 9.90 Å². The van der Waals surface area contributed by atoms with Gasteiger partial charge in [0.2, 0.25) is 5.91 Å². The fourth-order valence-electron chi connectivity index (χ4n) is 1.38. The van der Waals surface area contributed by atoms with Crippen molar-refractivity contribution in [1.82, 2.24) is 0 Å². The van der Waals surface area contributed by atoms with Crippen molar-refractivity contribution >= 4 is 11.6 Å². The molecule has 1 aliphatic rings. The number of carbonyl (C=O) groups is 1. The minimum atomic E-state index is 0.0399. The van der Waals surface area contributed by atoms with Gasteiger partial charge in [-0.1, -0.05) is 6.07 Å². The summed E-state index contributed by atoms with van der Waals surface area (Å²) in [5.74, 6) is 0.805. The zero-order valence-electron chi connectivity index (χ0n) is 7.86. The van der Waals surface area contributed by atoms with Gasteiger partial charge >= 0.3 is 0 Å². The van der Waals surface area contributed by atoms with Crippen molar-refractivity contribution in [2.75, 3.05) is 5.32 Å². The quantitative estimate of drug-likeness (QED) is 0.768. The van der Waals surface area contributed by atoms with Crippen molar-refractivity contribution in [3.05, 3.63) is 24.3 Å². The predicted octanol–water partition coefficient (Wildman–Crippen LogP) is 2.13. The summed E-state index contributed by atoms with van der Waals surface area (Å²) in [5.41, 5.74) is 0.663. The maximum absolute atomic E-state index is 11.4. The van der Waals surface area contributed by atoms with Crippen LogP contribution in [0.3, 0.4) is 0 Å². The molecule has 0 aliphatic heterocycles. The Kier molecular flexibility index (Phi) is 2.39. The molecular weight excluding hydrogens is 178 g/mol. The first-order valence-corrected chi connectivity index (χ1v) is 4.83. The first-order chi connectivity index (χ1) is 6.74. The molecule has 0 aromatic heterocycles. The number of amides is 1. The fourth-order valence-corrected chi connectivity index (χ4v) is 1.38. The summed E-state index contributed by atoms with van der Waals surface area (Å²) in [6.07, 6.45) is 2.95. The molecule has 0 spiro atoms. The van der Waals surface area contributed by atoms with Crippen LogP contribution >= 0.6 is 0 Å². The van der Waals surface area contributed by atoms with Gasteiger partial charge in [-0.3, -0.25) is 4.79 Å². The van der Waals surface area contributed by atoms with E-state index in [1.807, 2.05) is 0 Å². The molecule has 0 radical (unpaired) electrons. The molecule has 0 saturated heterocycles. The van der Waals surface area contributed by atoms with E-state index < -0.39 is 0 Å². The molecule has 14 heavy (non-hydrogen) atoms. The van der Waals surface area contributed by atoms with E-state index in [-0.39, 0.29) is 11.7 Å². The van der Waals surface area contributed by atoms with Crippen LogP contribution in [0.1, 0.15) is 19.3 Å². The second kappa shape index (κ2) is 3.70. The highest BCUT2D eigenvalue weighted by Gasteiger charge is 2.24. The fraction of sp³-hybridized carbons (Fsp3) is 0.364. The van der Waals surface area contributed by atoms with Crippen molar-refractivity contribution in [3.63, 3.8) is 0 Å². The van der Waals surface area contributed by atoms with Gasteiger partial charge in [0.1, 0.15) is 5.75 Å². The van der Waals surface area contributed by atoms with E-state index in [1.54, 1.807) is 24.3 Å². The van der Waals surface area contributed by atoms with E-state index in [0.717, 1.165) is 0 Å². The van der Waals surface area contributed by atoms with Gasteiger partial charge in [0, 0.05) is 18.2 Å². The van der Waals surface area contributed by atoms with E-state index in [2.05, 4.69) is 5.32 Å². The average molecular weight is 191 g/mol. The standard InChI is InChI=1S/C11H13NO2/c13-10-3-1-2-9(7-10)12-11(14)6-8-4-5-8/h1-3,7-8,13H,4-6H2,(H,12,14). The summed E-state index contributed by atoms with van der Waals surface area (Å²) >= 11 is 0. The van der Waals surface area contributed by atoms with Crippen molar-refractivity contribution in [2.24, 2.45) is 5.92 Å². The zero-order chi connectivity index (χ0) is 9.97. The second-order valence-corrected chi connectivity index (χ2v) is 3.75. The Morgan fingerprint density at radius 2 is 2.29 bits per heavy atom. The Morgan fingerprint density at radius 3 is 2.93 bits per heavy atom. The maximum Gasteiger partial charge on any atom is 0.224 e. The van der Waals surface area contributed by atoms with Crippen LogP contribution in [0.4, 0.5) is 5.69 Å². The Morgan fingerprint density at radius 1 is 1.50 bits per heavy atom. The minimum Gasteiger partial charge on any atom is -0.508 e. The highest BCUT2D eigenvalue weighted by molar-refractivity contribution is 5.91. The Bertz CT molecular complexity index is 345. The van der Waals surface area contributed by atoms with Crippen LogP contribution in [0.25, 0.3) is 0 Å². The van der Waals surface area contributed by atoms with Gasteiger partial charge in [-0.2, -0.15) is 0 Å². The number of carbonyl (C=O) groups excluding carboxylic acids is 1. The van der Waals surface area contributed by atoms with E-state index in [9.17, 15) is 4.79 Å². The lowest BCUT2D eigenvalue weighted by Crippen LogP contribution is -2.11. The molecule has 0 atom stereocenters. The van der Waals surface area contributed by atoms with Crippen LogP contribution in [-0.2, 0) is 4.79 Å². The van der Waals surface area contributed by atoms with E-state index in [4.69, 9.17) is 5.11 Å². The van der Waals surface area contributed by atoms with Crippen LogP contribution in [0, 0.1) is 5.92 Å². The Hall–Kier alpha value is -1.51. The molecule has 1 aromatic rings. The lowest BCUT2D eigenvalue weighted by Gasteiger charge is -2.04. The molecule has 0 unspecified atom stereocenters. The Labute approximate surface area is 82.8 Å². The number of anilines is 1. The molecule has 0 bridgehead atoms. The number of hydrogen-bond acceptors (Lipinski definition) is 2. The third-order valence-electron chi connectivity index (χ3n) is 2.30. The third-order valence-corrected chi connectivity index (χ3v) is 2.30. The van der Waals surface area contributed by atoms with E-state index in [1.165, 1.54) is 12.8 Å². The van der Waals surface area contributed by atoms with Crippen molar-refractivity contribution in [3.8, 4) is 5.75 Å². The lowest BCUT2D eigenvalue weighted by atomic mass is 10.2. The SMILES string of the molecule is O=C(CC1CC1)Nc1cccc(O)c1. The molecule has 1 aliphatic carbocycles. The number of rotatable bonds is 3. The predicted molar refractivity (Wildman–Crippen MR) is 54.1 cm³/mol. The Balaban J connectivity index is 1.92. The molecule has 1 saturated carbocycles. The van der Waals surface area contributed by atoms with Gasteiger partial charge < -0.3 is 10.4 Å². The number of phenols is 1. The van der Waals surface area contributed by atoms with Crippen LogP contribution in [0.5, 0.6) is 5.75 Å². The van der Waals surface area contributed by atoms with Crippen LogP contribution in [0.15, 0.2) is 24.3 Å². The van der Waals surface area contributed by atoms with Gasteiger partial charge in [0.05, 0.1) is 0 Å². The highest BCUT2D eigenvalue weighted by Crippen LogP contribution is 2.32. The number of hydrogen-bond donors (Lipinski definition) is 2. The molecule has 74 valence electrons. The molecule has 3 nitrogen and oxygen atoms in total. The highest BCUT2D eigenvalue weighted by atomic mass is 16.3. The average Bonchev–Trinajstić information content (AvgIpc) is 2.87. The summed E-state index contributed by atoms with van der Waals surface area (Å²) in [6.45, 7) is 0.